The molecular weight excluding hydrogens is 474 g/mol. The first-order chi connectivity index (χ1) is 17.8. The third-order valence-corrected chi connectivity index (χ3v) is 6.90. The predicted octanol–water partition coefficient (Wildman–Crippen LogP) is 5.55. The number of hydrogen-bond acceptors (Lipinski definition) is 7. The molecule has 37 heavy (non-hydrogen) atoms. The van der Waals surface area contributed by atoms with E-state index in [1.54, 1.807) is 12.3 Å². The Morgan fingerprint density at radius 1 is 1.03 bits per heavy atom. The third kappa shape index (κ3) is 5.39. The van der Waals surface area contributed by atoms with E-state index < -0.39 is 11.6 Å². The Morgan fingerprint density at radius 2 is 1.81 bits per heavy atom. The average Bonchev–Trinajstić information content (AvgIpc) is 3.22. The molecule has 4 aromatic rings. The molecule has 1 saturated heterocycles. The second-order valence-corrected chi connectivity index (χ2v) is 10.0. The van der Waals surface area contributed by atoms with Gasteiger partial charge in [-0.2, -0.15) is 0 Å². The minimum Gasteiger partial charge on any atom is -0.384 e. The van der Waals surface area contributed by atoms with E-state index in [-0.39, 0.29) is 23.2 Å². The molecule has 1 aromatic carbocycles. The van der Waals surface area contributed by atoms with Gasteiger partial charge in [-0.25, -0.2) is 28.7 Å². The van der Waals surface area contributed by atoms with E-state index in [0.29, 0.717) is 28.6 Å². The standard InChI is InChI=1S/C27H32F2N8/c1-16(2)37-17(3)33-26-21(28)11-19(12-23(26)37)25-22(29)15-32-27(35-25)34-24-6-5-20(14-31-24)30-13-18-7-9-36(4)10-8-18/h5-6,11-12,14-16,18,30H,7-10,13H2,1-4H3,(H,31,32,34,35). The maximum absolute atomic E-state index is 14.9. The molecule has 2 N–H and O–H groups in total. The van der Waals surface area contributed by atoms with Crippen LogP contribution in [0.4, 0.5) is 26.2 Å². The summed E-state index contributed by atoms with van der Waals surface area (Å²) in [6.07, 6.45) is 5.21. The lowest BCUT2D eigenvalue weighted by Crippen LogP contribution is -2.32. The Morgan fingerprint density at radius 3 is 2.51 bits per heavy atom. The van der Waals surface area contributed by atoms with Crippen LogP contribution in [0.5, 0.6) is 0 Å². The maximum atomic E-state index is 14.9. The van der Waals surface area contributed by atoms with Gasteiger partial charge < -0.3 is 20.1 Å². The molecule has 1 aliphatic heterocycles. The van der Waals surface area contributed by atoms with Crippen molar-refractivity contribution < 1.29 is 8.78 Å². The molecule has 0 bridgehead atoms. The molecule has 1 fully saturated rings. The molecule has 0 aliphatic carbocycles. The summed E-state index contributed by atoms with van der Waals surface area (Å²) in [5, 5.41) is 6.48. The fourth-order valence-electron chi connectivity index (χ4n) is 4.90. The first kappa shape index (κ1) is 25.0. The van der Waals surface area contributed by atoms with Crippen LogP contribution in [-0.4, -0.2) is 56.1 Å². The van der Waals surface area contributed by atoms with Crippen molar-refractivity contribution in [2.24, 2.45) is 5.92 Å². The zero-order valence-electron chi connectivity index (χ0n) is 21.6. The lowest BCUT2D eigenvalue weighted by molar-refractivity contribution is 0.226. The molecule has 5 rings (SSSR count). The van der Waals surface area contributed by atoms with Crippen LogP contribution in [-0.2, 0) is 0 Å². The van der Waals surface area contributed by atoms with Gasteiger partial charge in [-0.1, -0.05) is 0 Å². The summed E-state index contributed by atoms with van der Waals surface area (Å²) in [6, 6.07) is 6.81. The van der Waals surface area contributed by atoms with Crippen molar-refractivity contribution in [3.63, 3.8) is 0 Å². The number of rotatable bonds is 7. The van der Waals surface area contributed by atoms with Gasteiger partial charge in [0.15, 0.2) is 11.6 Å². The molecular formula is C27H32F2N8. The largest absolute Gasteiger partial charge is 0.384 e. The lowest BCUT2D eigenvalue weighted by Gasteiger charge is -2.29. The summed E-state index contributed by atoms with van der Waals surface area (Å²) < 4.78 is 31.6. The summed E-state index contributed by atoms with van der Waals surface area (Å²) >= 11 is 0. The molecule has 0 radical (unpaired) electrons. The zero-order chi connectivity index (χ0) is 26.1. The van der Waals surface area contributed by atoms with Crippen LogP contribution in [0.3, 0.4) is 0 Å². The van der Waals surface area contributed by atoms with Crippen LogP contribution in [0.15, 0.2) is 36.7 Å². The van der Waals surface area contributed by atoms with Crippen LogP contribution in [0.1, 0.15) is 38.6 Å². The van der Waals surface area contributed by atoms with Gasteiger partial charge >= 0.3 is 0 Å². The number of aryl methyl sites for hydroxylation is 1. The van der Waals surface area contributed by atoms with Crippen molar-refractivity contribution in [1.82, 2.24) is 29.4 Å². The van der Waals surface area contributed by atoms with Crippen LogP contribution < -0.4 is 10.6 Å². The van der Waals surface area contributed by atoms with Crippen LogP contribution >= 0.6 is 0 Å². The second-order valence-electron chi connectivity index (χ2n) is 10.0. The van der Waals surface area contributed by atoms with Gasteiger partial charge in [-0.3, -0.25) is 0 Å². The first-order valence-electron chi connectivity index (χ1n) is 12.6. The number of piperidine rings is 1. The molecule has 1 aliphatic rings. The van der Waals surface area contributed by atoms with E-state index in [1.165, 1.54) is 18.9 Å². The van der Waals surface area contributed by atoms with Crippen LogP contribution in [0.25, 0.3) is 22.3 Å². The highest BCUT2D eigenvalue weighted by Crippen LogP contribution is 2.30. The lowest BCUT2D eigenvalue weighted by atomic mass is 9.97. The SMILES string of the molecule is Cc1nc2c(F)cc(-c3nc(Nc4ccc(NCC5CCN(C)CC5)cn4)ncc3F)cc2n1C(C)C. The van der Waals surface area contributed by atoms with Crippen molar-refractivity contribution in [2.45, 2.75) is 39.7 Å². The quantitative estimate of drug-likeness (QED) is 0.340. The number of pyridine rings is 1. The smallest absolute Gasteiger partial charge is 0.229 e. The number of hydrogen-bond donors (Lipinski definition) is 2. The second kappa shape index (κ2) is 10.4. The fourth-order valence-corrected chi connectivity index (χ4v) is 4.90. The predicted molar refractivity (Wildman–Crippen MR) is 142 cm³/mol. The van der Waals surface area contributed by atoms with Gasteiger partial charge in [0.05, 0.1) is 23.6 Å². The topological polar surface area (TPSA) is 83.8 Å². The number of nitrogens with one attached hydrogen (secondary N) is 2. The summed E-state index contributed by atoms with van der Waals surface area (Å²) in [6.45, 7) is 9.00. The van der Waals surface area contributed by atoms with Gasteiger partial charge in [0.1, 0.15) is 22.9 Å². The number of anilines is 3. The van der Waals surface area contributed by atoms with E-state index in [0.717, 1.165) is 31.5 Å². The van der Waals surface area contributed by atoms with E-state index >= 15 is 0 Å². The number of nitrogens with zero attached hydrogens (tertiary/aromatic N) is 6. The minimum absolute atomic E-state index is 0.00359. The van der Waals surface area contributed by atoms with Crippen molar-refractivity contribution in [3.05, 3.63) is 54.1 Å². The normalized spacial score (nSPS) is 15.0. The molecule has 8 nitrogen and oxygen atoms in total. The summed E-state index contributed by atoms with van der Waals surface area (Å²) in [5.74, 6) is 0.891. The van der Waals surface area contributed by atoms with Crippen molar-refractivity contribution in [2.75, 3.05) is 37.3 Å². The minimum atomic E-state index is -0.641. The summed E-state index contributed by atoms with van der Waals surface area (Å²) in [7, 11) is 2.16. The Bertz CT molecular complexity index is 1390. The molecule has 0 saturated carbocycles. The number of aromatic nitrogens is 5. The van der Waals surface area contributed by atoms with Gasteiger partial charge in [-0.05, 0) is 83.9 Å². The molecule has 0 unspecified atom stereocenters. The third-order valence-electron chi connectivity index (χ3n) is 6.90. The fraction of sp³-hybridized carbons (Fsp3) is 0.407. The monoisotopic (exact) mass is 506 g/mol. The number of halogens is 2. The van der Waals surface area contributed by atoms with Gasteiger partial charge in [0.2, 0.25) is 5.95 Å². The van der Waals surface area contributed by atoms with Crippen molar-refractivity contribution >= 4 is 28.5 Å². The summed E-state index contributed by atoms with van der Waals surface area (Å²) in [5.41, 5.74) is 2.11. The van der Waals surface area contributed by atoms with Crippen LogP contribution in [0, 0.1) is 24.5 Å². The number of likely N-dealkylation sites (tertiary alicyclic amines) is 1. The Hall–Kier alpha value is -3.66. The highest BCUT2D eigenvalue weighted by Gasteiger charge is 2.19. The Balaban J connectivity index is 1.33. The number of benzene rings is 1. The first-order valence-corrected chi connectivity index (χ1v) is 12.6. The molecule has 0 spiro atoms. The molecule has 10 heteroatoms. The van der Waals surface area contributed by atoms with Gasteiger partial charge in [0.25, 0.3) is 0 Å². The van der Waals surface area contributed by atoms with E-state index in [1.807, 2.05) is 37.5 Å². The molecule has 4 heterocycles. The van der Waals surface area contributed by atoms with Gasteiger partial charge in [-0.15, -0.1) is 0 Å². The van der Waals surface area contributed by atoms with E-state index in [9.17, 15) is 8.78 Å². The molecule has 0 atom stereocenters. The van der Waals surface area contributed by atoms with E-state index in [2.05, 4.69) is 42.5 Å². The molecule has 3 aromatic heterocycles. The average molecular weight is 507 g/mol. The van der Waals surface area contributed by atoms with Crippen LogP contribution in [0.2, 0.25) is 0 Å². The van der Waals surface area contributed by atoms with Gasteiger partial charge in [0, 0.05) is 18.2 Å². The number of fused-ring (bicyclic) bond motifs is 1. The Kier molecular flexibility index (Phi) is 7.01. The van der Waals surface area contributed by atoms with Crippen molar-refractivity contribution in [1.29, 1.82) is 0 Å². The van der Waals surface area contributed by atoms with Crippen molar-refractivity contribution in [3.8, 4) is 11.3 Å². The maximum Gasteiger partial charge on any atom is 0.229 e. The summed E-state index contributed by atoms with van der Waals surface area (Å²) in [4.78, 5) is 19.5. The highest BCUT2D eigenvalue weighted by molar-refractivity contribution is 5.83. The number of imidazole rings is 1. The van der Waals surface area contributed by atoms with E-state index in [4.69, 9.17) is 0 Å². The zero-order valence-corrected chi connectivity index (χ0v) is 21.6. The molecule has 0 amide bonds. The molecule has 194 valence electrons. The highest BCUT2D eigenvalue weighted by atomic mass is 19.1. The Labute approximate surface area is 215 Å².